The van der Waals surface area contributed by atoms with Crippen molar-refractivity contribution in [2.24, 2.45) is 0 Å². The number of amides is 2. The minimum Gasteiger partial charge on any atom is -0.360 e. The smallest absolute Gasteiger partial charge is 0.251 e. The van der Waals surface area contributed by atoms with Gasteiger partial charge < -0.3 is 20.5 Å². The molecule has 1 aliphatic heterocycles. The monoisotopic (exact) mass is 518 g/mol. The number of carbonyl (C=O) groups excluding carboxylic acids is 2. The first-order chi connectivity index (χ1) is 18.0. The molecule has 2 heterocycles. The van der Waals surface area contributed by atoms with Gasteiger partial charge in [0.15, 0.2) is 0 Å². The second-order valence-electron chi connectivity index (χ2n) is 11.2. The normalized spacial score (nSPS) is 23.2. The van der Waals surface area contributed by atoms with E-state index in [0.717, 1.165) is 43.1 Å². The van der Waals surface area contributed by atoms with Crippen molar-refractivity contribution in [2.45, 2.75) is 68.9 Å². The SMILES string of the molecule is O=C(NC1CCCC[C@H]1NC(=O)c1ccc2c(Cl)c[nH]c2c1)c1ccc(C2(CN3CCCC3)CC2)cc1. The number of aromatic nitrogens is 1. The van der Waals surface area contributed by atoms with Crippen molar-refractivity contribution in [3.63, 3.8) is 0 Å². The summed E-state index contributed by atoms with van der Waals surface area (Å²) >= 11 is 6.17. The van der Waals surface area contributed by atoms with Crippen LogP contribution >= 0.6 is 11.6 Å². The summed E-state index contributed by atoms with van der Waals surface area (Å²) in [6, 6.07) is 13.6. The standard InChI is InChI=1S/C30H35ClN4O2/c31-24-18-32-27-17-21(9-12-23(24)27)29(37)34-26-6-2-1-5-25(26)33-28(36)20-7-10-22(11-8-20)30(13-14-30)19-35-15-3-4-16-35/h7-12,17-18,25-26,32H,1-6,13-16,19H2,(H,33,36)(H,34,37)/t25?,26-/m1/s1. The van der Waals surface area contributed by atoms with Crippen LogP contribution in [0.2, 0.25) is 5.02 Å². The van der Waals surface area contributed by atoms with Crippen LogP contribution in [0.5, 0.6) is 0 Å². The molecule has 2 amide bonds. The van der Waals surface area contributed by atoms with E-state index in [9.17, 15) is 9.59 Å². The maximum Gasteiger partial charge on any atom is 0.251 e. The Morgan fingerprint density at radius 2 is 1.51 bits per heavy atom. The second kappa shape index (κ2) is 10.1. The first-order valence-electron chi connectivity index (χ1n) is 13.7. The molecule has 7 heteroatoms. The molecule has 3 fully saturated rings. The first-order valence-corrected chi connectivity index (χ1v) is 14.1. The van der Waals surface area contributed by atoms with Crippen LogP contribution in [0, 0.1) is 0 Å². The van der Waals surface area contributed by atoms with Crippen molar-refractivity contribution in [1.82, 2.24) is 20.5 Å². The summed E-state index contributed by atoms with van der Waals surface area (Å²) in [7, 11) is 0. The predicted octanol–water partition coefficient (Wildman–Crippen LogP) is 5.42. The van der Waals surface area contributed by atoms with Gasteiger partial charge in [-0.15, -0.1) is 0 Å². The van der Waals surface area contributed by atoms with Crippen LogP contribution in [0.4, 0.5) is 0 Å². The molecule has 0 spiro atoms. The zero-order valence-corrected chi connectivity index (χ0v) is 21.9. The van der Waals surface area contributed by atoms with Gasteiger partial charge in [-0.3, -0.25) is 9.59 Å². The number of hydrogen-bond acceptors (Lipinski definition) is 3. The van der Waals surface area contributed by atoms with Gasteiger partial charge in [0.25, 0.3) is 11.8 Å². The summed E-state index contributed by atoms with van der Waals surface area (Å²) in [5.41, 5.74) is 3.75. The number of carbonyl (C=O) groups is 2. The molecule has 3 aliphatic rings. The van der Waals surface area contributed by atoms with E-state index in [1.165, 1.54) is 44.3 Å². The van der Waals surface area contributed by atoms with Crippen molar-refractivity contribution < 1.29 is 9.59 Å². The molecule has 6 rings (SSSR count). The molecule has 3 aromatic rings. The van der Waals surface area contributed by atoms with Crippen LogP contribution in [0.3, 0.4) is 0 Å². The Balaban J connectivity index is 1.09. The number of likely N-dealkylation sites (tertiary alicyclic amines) is 1. The van der Waals surface area contributed by atoms with Gasteiger partial charge in [-0.25, -0.2) is 0 Å². The number of hydrogen-bond donors (Lipinski definition) is 3. The molecular weight excluding hydrogens is 484 g/mol. The van der Waals surface area contributed by atoms with Crippen LogP contribution < -0.4 is 10.6 Å². The molecule has 194 valence electrons. The molecule has 0 radical (unpaired) electrons. The Morgan fingerprint density at radius 1 is 0.892 bits per heavy atom. The van der Waals surface area contributed by atoms with Crippen molar-refractivity contribution in [3.8, 4) is 0 Å². The molecular formula is C30H35ClN4O2. The molecule has 0 bridgehead atoms. The largest absolute Gasteiger partial charge is 0.360 e. The van der Waals surface area contributed by atoms with E-state index in [1.54, 1.807) is 12.3 Å². The molecule has 2 aliphatic carbocycles. The van der Waals surface area contributed by atoms with Crippen molar-refractivity contribution in [3.05, 3.63) is 70.4 Å². The zero-order valence-electron chi connectivity index (χ0n) is 21.2. The number of fused-ring (bicyclic) bond motifs is 1. The van der Waals surface area contributed by atoms with Gasteiger partial charge in [0.1, 0.15) is 0 Å². The fourth-order valence-corrected chi connectivity index (χ4v) is 6.46. The number of nitrogens with one attached hydrogen (secondary N) is 3. The lowest BCUT2D eigenvalue weighted by molar-refractivity contribution is 0.0863. The van der Waals surface area contributed by atoms with Crippen LogP contribution in [0.1, 0.15) is 77.6 Å². The Hall–Kier alpha value is -2.83. The van der Waals surface area contributed by atoms with Crippen LogP contribution in [0.15, 0.2) is 48.7 Å². The van der Waals surface area contributed by atoms with E-state index in [0.29, 0.717) is 16.1 Å². The number of aromatic amines is 1. The Kier molecular flexibility index (Phi) is 6.72. The lowest BCUT2D eigenvalue weighted by Crippen LogP contribution is -2.53. The Bertz CT molecular complexity index is 1290. The highest BCUT2D eigenvalue weighted by molar-refractivity contribution is 6.35. The summed E-state index contributed by atoms with van der Waals surface area (Å²) in [4.78, 5) is 31.9. The van der Waals surface area contributed by atoms with E-state index < -0.39 is 0 Å². The Morgan fingerprint density at radius 3 is 2.16 bits per heavy atom. The van der Waals surface area contributed by atoms with Crippen molar-refractivity contribution >= 4 is 34.3 Å². The summed E-state index contributed by atoms with van der Waals surface area (Å²) < 4.78 is 0. The second-order valence-corrected chi connectivity index (χ2v) is 11.6. The molecule has 6 nitrogen and oxygen atoms in total. The highest BCUT2D eigenvalue weighted by Gasteiger charge is 2.45. The van der Waals surface area contributed by atoms with Crippen LogP contribution in [-0.2, 0) is 5.41 Å². The quantitative estimate of drug-likeness (QED) is 0.391. The Labute approximate surface area is 223 Å². The van der Waals surface area contributed by atoms with Gasteiger partial charge in [-0.1, -0.05) is 42.6 Å². The van der Waals surface area contributed by atoms with E-state index in [1.807, 2.05) is 24.3 Å². The van der Waals surface area contributed by atoms with Gasteiger partial charge in [0.05, 0.1) is 5.02 Å². The molecule has 2 atom stereocenters. The third-order valence-electron chi connectivity index (χ3n) is 8.63. The van der Waals surface area contributed by atoms with E-state index in [2.05, 4.69) is 32.7 Å². The van der Waals surface area contributed by atoms with Gasteiger partial charge >= 0.3 is 0 Å². The van der Waals surface area contributed by atoms with Crippen LogP contribution in [0.25, 0.3) is 10.9 Å². The third kappa shape index (κ3) is 5.14. The van der Waals surface area contributed by atoms with Gasteiger partial charge in [-0.2, -0.15) is 0 Å². The van der Waals surface area contributed by atoms with Gasteiger partial charge in [-0.05, 0) is 81.4 Å². The highest BCUT2D eigenvalue weighted by Crippen LogP contribution is 2.49. The topological polar surface area (TPSA) is 77.2 Å². The molecule has 3 N–H and O–H groups in total. The van der Waals surface area contributed by atoms with E-state index in [4.69, 9.17) is 11.6 Å². The van der Waals surface area contributed by atoms with Gasteiger partial charge in [0, 0.05) is 52.3 Å². The molecule has 1 saturated heterocycles. The highest BCUT2D eigenvalue weighted by atomic mass is 35.5. The van der Waals surface area contributed by atoms with Crippen molar-refractivity contribution in [2.75, 3.05) is 19.6 Å². The summed E-state index contributed by atoms with van der Waals surface area (Å²) in [5.74, 6) is -0.194. The number of rotatable bonds is 7. The maximum atomic E-state index is 13.2. The molecule has 2 saturated carbocycles. The maximum absolute atomic E-state index is 13.2. The number of H-pyrrole nitrogens is 1. The minimum atomic E-state index is -0.129. The van der Waals surface area contributed by atoms with E-state index in [-0.39, 0.29) is 29.3 Å². The molecule has 2 aromatic carbocycles. The molecule has 1 unspecified atom stereocenters. The number of nitrogens with zero attached hydrogens (tertiary/aromatic N) is 1. The summed E-state index contributed by atoms with van der Waals surface area (Å²) in [6.45, 7) is 3.58. The first kappa shape index (κ1) is 24.5. The fourth-order valence-electron chi connectivity index (χ4n) is 6.24. The minimum absolute atomic E-state index is 0.0652. The lowest BCUT2D eigenvalue weighted by atomic mass is 9.89. The lowest BCUT2D eigenvalue weighted by Gasteiger charge is -2.33. The number of halogens is 1. The fraction of sp³-hybridized carbons (Fsp3) is 0.467. The average Bonchev–Trinajstić information content (AvgIpc) is 3.33. The van der Waals surface area contributed by atoms with Crippen LogP contribution in [-0.4, -0.2) is 53.4 Å². The molecule has 1 aromatic heterocycles. The summed E-state index contributed by atoms with van der Waals surface area (Å²) in [6.07, 6.45) is 10.6. The third-order valence-corrected chi connectivity index (χ3v) is 8.94. The predicted molar refractivity (Wildman–Crippen MR) is 147 cm³/mol. The average molecular weight is 519 g/mol. The molecule has 37 heavy (non-hydrogen) atoms. The summed E-state index contributed by atoms with van der Waals surface area (Å²) in [5, 5.41) is 7.94. The zero-order chi connectivity index (χ0) is 25.4. The van der Waals surface area contributed by atoms with E-state index >= 15 is 0 Å². The van der Waals surface area contributed by atoms with Crippen molar-refractivity contribution in [1.29, 1.82) is 0 Å². The number of benzene rings is 2. The van der Waals surface area contributed by atoms with Gasteiger partial charge in [0.2, 0.25) is 0 Å².